The zero-order valence-corrected chi connectivity index (χ0v) is 14.1. The molecule has 1 aliphatic rings. The highest BCUT2D eigenvalue weighted by Gasteiger charge is 2.24. The average molecular weight is 318 g/mol. The molecular weight excluding hydrogens is 286 g/mol. The average Bonchev–Trinajstić information content (AvgIpc) is 3.14. The summed E-state index contributed by atoms with van der Waals surface area (Å²) in [6, 6.07) is 0.740. The quantitative estimate of drug-likeness (QED) is 0.352. The molecule has 0 radical (unpaired) electrons. The third kappa shape index (κ3) is 8.53. The molecular formula is C16H32BrN. The first-order valence-corrected chi connectivity index (χ1v) is 9.16. The first-order valence-electron chi connectivity index (χ1n) is 8.04. The van der Waals surface area contributed by atoms with Crippen LogP contribution in [0.2, 0.25) is 0 Å². The van der Waals surface area contributed by atoms with Crippen molar-refractivity contribution in [2.45, 2.75) is 77.7 Å². The predicted octanol–water partition coefficient (Wildman–Crippen LogP) is 5.23. The normalized spacial score (nSPS) is 15.8. The molecule has 0 aromatic carbocycles. The van der Waals surface area contributed by atoms with Gasteiger partial charge in [-0.3, -0.25) is 0 Å². The summed E-state index contributed by atoms with van der Waals surface area (Å²) in [4.78, 5) is 2.70. The summed E-state index contributed by atoms with van der Waals surface area (Å²) in [6.45, 7) is 7.39. The lowest BCUT2D eigenvalue weighted by molar-refractivity contribution is 0.208. The van der Waals surface area contributed by atoms with Crippen molar-refractivity contribution in [2.75, 3.05) is 18.4 Å². The van der Waals surface area contributed by atoms with Crippen molar-refractivity contribution < 1.29 is 0 Å². The minimum absolute atomic E-state index is 0.740. The second kappa shape index (κ2) is 10.3. The highest BCUT2D eigenvalue weighted by molar-refractivity contribution is 9.09. The third-order valence-electron chi connectivity index (χ3n) is 4.00. The minimum Gasteiger partial charge on any atom is -0.301 e. The number of alkyl halides is 1. The first kappa shape index (κ1) is 16.5. The molecule has 1 nitrogen and oxygen atoms in total. The van der Waals surface area contributed by atoms with Crippen LogP contribution in [0.5, 0.6) is 0 Å². The van der Waals surface area contributed by atoms with Gasteiger partial charge in [-0.25, -0.2) is 0 Å². The zero-order valence-electron chi connectivity index (χ0n) is 12.5. The molecule has 0 amide bonds. The summed E-state index contributed by atoms with van der Waals surface area (Å²) in [5, 5.41) is 1.18. The monoisotopic (exact) mass is 317 g/mol. The summed E-state index contributed by atoms with van der Waals surface area (Å²) in [7, 11) is 0. The second-order valence-electron chi connectivity index (χ2n) is 6.20. The van der Waals surface area contributed by atoms with Gasteiger partial charge in [0.2, 0.25) is 0 Å². The Balaban J connectivity index is 1.90. The van der Waals surface area contributed by atoms with Crippen LogP contribution in [0.3, 0.4) is 0 Å². The maximum Gasteiger partial charge on any atom is 0.00387 e. The van der Waals surface area contributed by atoms with Crippen LogP contribution < -0.4 is 0 Å². The highest BCUT2D eigenvalue weighted by atomic mass is 79.9. The summed E-state index contributed by atoms with van der Waals surface area (Å²) in [6.07, 6.45) is 12.9. The summed E-state index contributed by atoms with van der Waals surface area (Å²) < 4.78 is 0. The van der Waals surface area contributed by atoms with E-state index in [1.54, 1.807) is 0 Å². The van der Waals surface area contributed by atoms with Crippen LogP contribution in [0.25, 0.3) is 0 Å². The number of hydrogen-bond acceptors (Lipinski definition) is 1. The Morgan fingerprint density at radius 1 is 0.944 bits per heavy atom. The summed E-state index contributed by atoms with van der Waals surface area (Å²) in [5.41, 5.74) is 0. The van der Waals surface area contributed by atoms with E-state index in [0.717, 1.165) is 12.0 Å². The molecule has 1 saturated carbocycles. The van der Waals surface area contributed by atoms with Gasteiger partial charge < -0.3 is 4.90 Å². The van der Waals surface area contributed by atoms with Crippen LogP contribution in [0.4, 0.5) is 0 Å². The van der Waals surface area contributed by atoms with Crippen LogP contribution in [0, 0.1) is 5.92 Å². The van der Waals surface area contributed by atoms with Gasteiger partial charge in [-0.1, -0.05) is 48.0 Å². The lowest BCUT2D eigenvalue weighted by Crippen LogP contribution is -2.33. The molecule has 0 aliphatic heterocycles. The second-order valence-corrected chi connectivity index (χ2v) is 6.99. The zero-order chi connectivity index (χ0) is 13.2. The molecule has 108 valence electrons. The van der Waals surface area contributed by atoms with Gasteiger partial charge in [0.05, 0.1) is 0 Å². The van der Waals surface area contributed by atoms with Crippen molar-refractivity contribution in [3.63, 3.8) is 0 Å². The molecule has 0 saturated heterocycles. The van der Waals surface area contributed by atoms with Crippen LogP contribution in [0.1, 0.15) is 71.6 Å². The molecule has 0 bridgehead atoms. The van der Waals surface area contributed by atoms with E-state index in [0.29, 0.717) is 0 Å². The molecule has 0 aromatic heterocycles. The number of hydrogen-bond donors (Lipinski definition) is 0. The van der Waals surface area contributed by atoms with Gasteiger partial charge in [0, 0.05) is 17.9 Å². The van der Waals surface area contributed by atoms with Crippen molar-refractivity contribution in [1.82, 2.24) is 4.90 Å². The van der Waals surface area contributed by atoms with E-state index < -0.39 is 0 Å². The maximum absolute atomic E-state index is 3.49. The Morgan fingerprint density at radius 2 is 1.50 bits per heavy atom. The maximum atomic E-state index is 3.49. The Bertz CT molecular complexity index is 190. The van der Waals surface area contributed by atoms with E-state index in [1.807, 2.05) is 0 Å². The van der Waals surface area contributed by atoms with Crippen molar-refractivity contribution in [3.8, 4) is 0 Å². The summed E-state index contributed by atoms with van der Waals surface area (Å²) >= 11 is 3.49. The van der Waals surface area contributed by atoms with E-state index in [2.05, 4.69) is 34.7 Å². The van der Waals surface area contributed by atoms with Crippen molar-refractivity contribution >= 4 is 15.9 Å². The molecule has 1 fully saturated rings. The first-order chi connectivity index (χ1) is 8.74. The number of halogens is 1. The molecule has 0 N–H and O–H groups in total. The summed E-state index contributed by atoms with van der Waals surface area (Å²) in [5.74, 6) is 1.04. The van der Waals surface area contributed by atoms with E-state index in [1.165, 1.54) is 76.2 Å². The van der Waals surface area contributed by atoms with Crippen molar-refractivity contribution in [3.05, 3.63) is 0 Å². The Kier molecular flexibility index (Phi) is 9.40. The minimum atomic E-state index is 0.740. The van der Waals surface area contributed by atoms with Gasteiger partial charge in [-0.15, -0.1) is 0 Å². The lowest BCUT2D eigenvalue weighted by Gasteiger charge is -2.26. The molecule has 0 aromatic rings. The molecule has 0 atom stereocenters. The molecule has 0 unspecified atom stereocenters. The van der Waals surface area contributed by atoms with E-state index >= 15 is 0 Å². The molecule has 0 spiro atoms. The van der Waals surface area contributed by atoms with Gasteiger partial charge in [0.15, 0.2) is 0 Å². The van der Waals surface area contributed by atoms with Gasteiger partial charge in [0.25, 0.3) is 0 Å². The predicted molar refractivity (Wildman–Crippen MR) is 85.5 cm³/mol. The fraction of sp³-hybridized carbons (Fsp3) is 1.00. The molecule has 0 heterocycles. The molecule has 1 rings (SSSR count). The largest absolute Gasteiger partial charge is 0.301 e. The van der Waals surface area contributed by atoms with E-state index in [-0.39, 0.29) is 0 Å². The molecule has 2 heteroatoms. The van der Waals surface area contributed by atoms with Crippen molar-refractivity contribution in [2.24, 2.45) is 5.92 Å². The van der Waals surface area contributed by atoms with Crippen molar-refractivity contribution in [1.29, 1.82) is 0 Å². The Labute approximate surface area is 123 Å². The van der Waals surface area contributed by atoms with E-state index in [9.17, 15) is 0 Å². The van der Waals surface area contributed by atoms with Crippen LogP contribution in [0.15, 0.2) is 0 Å². The number of unbranched alkanes of at least 4 members (excludes halogenated alkanes) is 6. The Hall–Kier alpha value is 0.440. The molecule has 18 heavy (non-hydrogen) atoms. The standard InChI is InChI=1S/C16H32BrN/c1-15(2)18(14-16-10-11-16)13-9-7-5-3-4-6-8-12-17/h15-16H,3-14H2,1-2H3. The van der Waals surface area contributed by atoms with Gasteiger partial charge >= 0.3 is 0 Å². The van der Waals surface area contributed by atoms with Gasteiger partial charge in [-0.2, -0.15) is 0 Å². The van der Waals surface area contributed by atoms with Gasteiger partial charge in [0.1, 0.15) is 0 Å². The fourth-order valence-corrected chi connectivity index (χ4v) is 2.88. The van der Waals surface area contributed by atoms with Crippen LogP contribution >= 0.6 is 15.9 Å². The third-order valence-corrected chi connectivity index (χ3v) is 4.56. The number of nitrogens with zero attached hydrogens (tertiary/aromatic N) is 1. The number of rotatable bonds is 12. The SMILES string of the molecule is CC(C)N(CCCCCCCCCBr)CC1CC1. The van der Waals surface area contributed by atoms with Crippen LogP contribution in [-0.4, -0.2) is 29.4 Å². The molecule has 1 aliphatic carbocycles. The van der Waals surface area contributed by atoms with Gasteiger partial charge in [-0.05, 0) is 52.0 Å². The fourth-order valence-electron chi connectivity index (χ4n) is 2.49. The lowest BCUT2D eigenvalue weighted by atomic mass is 10.1. The van der Waals surface area contributed by atoms with Crippen LogP contribution in [-0.2, 0) is 0 Å². The topological polar surface area (TPSA) is 3.24 Å². The Morgan fingerprint density at radius 3 is 2.00 bits per heavy atom. The van der Waals surface area contributed by atoms with E-state index in [4.69, 9.17) is 0 Å². The highest BCUT2D eigenvalue weighted by Crippen LogP contribution is 2.30. The smallest absolute Gasteiger partial charge is 0.00387 e.